The summed E-state index contributed by atoms with van der Waals surface area (Å²) in [6, 6.07) is 8.46. The summed E-state index contributed by atoms with van der Waals surface area (Å²) in [4.78, 5) is 11.5. The first-order chi connectivity index (χ1) is 9.29. The highest BCUT2D eigenvalue weighted by atomic mass is 16.3. The van der Waals surface area contributed by atoms with E-state index in [0.29, 0.717) is 18.9 Å². The van der Waals surface area contributed by atoms with Crippen molar-refractivity contribution in [1.29, 1.82) is 0 Å². The van der Waals surface area contributed by atoms with Gasteiger partial charge in [0.25, 0.3) is 0 Å². The number of hydrogen-bond donors (Lipinski definition) is 2. The fourth-order valence-electron chi connectivity index (χ4n) is 2.79. The minimum absolute atomic E-state index is 0.00758. The maximum absolute atomic E-state index is 11.5. The quantitative estimate of drug-likeness (QED) is 0.855. The molecular formula is C16H23NO2. The lowest BCUT2D eigenvalue weighted by Gasteiger charge is -2.22. The molecule has 0 aliphatic heterocycles. The molecule has 0 aromatic heterocycles. The average Bonchev–Trinajstić information content (AvgIpc) is 2.47. The molecule has 0 saturated heterocycles. The van der Waals surface area contributed by atoms with E-state index in [0.717, 1.165) is 5.56 Å². The molecule has 19 heavy (non-hydrogen) atoms. The zero-order valence-electron chi connectivity index (χ0n) is 11.4. The van der Waals surface area contributed by atoms with Crippen molar-refractivity contribution in [1.82, 2.24) is 5.32 Å². The molecule has 0 atom stereocenters. The summed E-state index contributed by atoms with van der Waals surface area (Å²) in [5.41, 5.74) is 2.45. The summed E-state index contributed by atoms with van der Waals surface area (Å²) < 4.78 is 0. The number of carbonyl (C=O) groups excluding carboxylic acids is 1. The Balaban J connectivity index is 1.88. The number of amides is 1. The van der Waals surface area contributed by atoms with Crippen LogP contribution in [0.3, 0.4) is 0 Å². The van der Waals surface area contributed by atoms with Gasteiger partial charge < -0.3 is 10.4 Å². The van der Waals surface area contributed by atoms with E-state index in [1.807, 2.05) is 0 Å². The van der Waals surface area contributed by atoms with Gasteiger partial charge in [0.05, 0.1) is 13.0 Å². The van der Waals surface area contributed by atoms with Gasteiger partial charge in [-0.1, -0.05) is 43.5 Å². The molecule has 1 aliphatic rings. The number of aliphatic hydroxyl groups is 1. The molecule has 104 valence electrons. The Kier molecular flexibility index (Phi) is 5.40. The van der Waals surface area contributed by atoms with Crippen molar-refractivity contribution in [3.63, 3.8) is 0 Å². The second kappa shape index (κ2) is 7.29. The van der Waals surface area contributed by atoms with Crippen molar-refractivity contribution in [3.05, 3.63) is 35.4 Å². The van der Waals surface area contributed by atoms with Crippen LogP contribution in [0.25, 0.3) is 0 Å². The van der Waals surface area contributed by atoms with E-state index < -0.39 is 0 Å². The maximum Gasteiger partial charge on any atom is 0.224 e. The Morgan fingerprint density at radius 2 is 1.84 bits per heavy atom. The number of rotatable bonds is 5. The molecule has 1 aliphatic carbocycles. The molecule has 1 saturated carbocycles. The summed E-state index contributed by atoms with van der Waals surface area (Å²) in [5, 5.41) is 11.3. The molecule has 3 nitrogen and oxygen atoms in total. The Labute approximate surface area is 115 Å². The molecule has 0 bridgehead atoms. The van der Waals surface area contributed by atoms with Gasteiger partial charge in [0.15, 0.2) is 0 Å². The molecule has 2 N–H and O–H groups in total. The van der Waals surface area contributed by atoms with E-state index in [1.165, 1.54) is 37.7 Å². The van der Waals surface area contributed by atoms with E-state index in [9.17, 15) is 4.79 Å². The van der Waals surface area contributed by atoms with Crippen molar-refractivity contribution < 1.29 is 9.90 Å². The lowest BCUT2D eigenvalue weighted by Crippen LogP contribution is -2.27. The van der Waals surface area contributed by atoms with Crippen LogP contribution in [-0.4, -0.2) is 24.2 Å². The van der Waals surface area contributed by atoms with Crippen LogP contribution < -0.4 is 5.32 Å². The number of nitrogens with one attached hydrogen (secondary N) is 1. The van der Waals surface area contributed by atoms with Crippen LogP contribution in [0.1, 0.15) is 49.1 Å². The normalized spacial score (nSPS) is 16.3. The second-order valence-electron chi connectivity index (χ2n) is 5.33. The number of hydrogen-bond acceptors (Lipinski definition) is 2. The first kappa shape index (κ1) is 14.1. The fraction of sp³-hybridized carbons (Fsp3) is 0.562. The van der Waals surface area contributed by atoms with Gasteiger partial charge in [-0.15, -0.1) is 0 Å². The summed E-state index contributed by atoms with van der Waals surface area (Å²) in [5.74, 6) is 0.686. The lowest BCUT2D eigenvalue weighted by atomic mass is 9.84. The maximum atomic E-state index is 11.5. The summed E-state index contributed by atoms with van der Waals surface area (Å²) in [6.07, 6.45) is 7.06. The molecule has 0 radical (unpaired) electrons. The van der Waals surface area contributed by atoms with Crippen molar-refractivity contribution >= 4 is 5.91 Å². The zero-order valence-corrected chi connectivity index (χ0v) is 11.4. The Bertz CT molecular complexity index is 394. The first-order valence-electron chi connectivity index (χ1n) is 7.26. The van der Waals surface area contributed by atoms with Gasteiger partial charge in [-0.25, -0.2) is 0 Å². The summed E-state index contributed by atoms with van der Waals surface area (Å²) >= 11 is 0. The third-order valence-electron chi connectivity index (χ3n) is 3.85. The standard InChI is InChI=1S/C16H23NO2/c18-11-10-17-16(19)12-13-6-8-15(9-7-13)14-4-2-1-3-5-14/h6-9,14,18H,1-5,10-12H2,(H,17,19). The number of aliphatic hydroxyl groups excluding tert-OH is 1. The van der Waals surface area contributed by atoms with Crippen LogP contribution in [0, 0.1) is 0 Å². The minimum Gasteiger partial charge on any atom is -0.395 e. The molecule has 0 unspecified atom stereocenters. The minimum atomic E-state index is -0.0283. The van der Waals surface area contributed by atoms with Crippen LogP contribution in [-0.2, 0) is 11.2 Å². The third-order valence-corrected chi connectivity index (χ3v) is 3.85. The van der Waals surface area contributed by atoms with Crippen molar-refractivity contribution in [3.8, 4) is 0 Å². The highest BCUT2D eigenvalue weighted by molar-refractivity contribution is 5.78. The van der Waals surface area contributed by atoms with Crippen LogP contribution >= 0.6 is 0 Å². The molecule has 1 aromatic rings. The predicted molar refractivity (Wildman–Crippen MR) is 76.1 cm³/mol. The smallest absolute Gasteiger partial charge is 0.224 e. The van der Waals surface area contributed by atoms with Gasteiger partial charge in [-0.05, 0) is 29.9 Å². The molecule has 1 aromatic carbocycles. The van der Waals surface area contributed by atoms with Crippen LogP contribution in [0.5, 0.6) is 0 Å². The highest BCUT2D eigenvalue weighted by Crippen LogP contribution is 2.32. The third kappa shape index (κ3) is 4.35. The van der Waals surface area contributed by atoms with E-state index >= 15 is 0 Å². The van der Waals surface area contributed by atoms with Crippen molar-refractivity contribution in [2.75, 3.05) is 13.2 Å². The van der Waals surface area contributed by atoms with Gasteiger partial charge in [-0.2, -0.15) is 0 Å². The Morgan fingerprint density at radius 3 is 2.47 bits per heavy atom. The molecule has 2 rings (SSSR count). The van der Waals surface area contributed by atoms with E-state index in [2.05, 4.69) is 29.6 Å². The Hall–Kier alpha value is -1.35. The van der Waals surface area contributed by atoms with E-state index in [4.69, 9.17) is 5.11 Å². The van der Waals surface area contributed by atoms with E-state index in [-0.39, 0.29) is 12.5 Å². The SMILES string of the molecule is O=C(Cc1ccc(C2CCCCC2)cc1)NCCO. The van der Waals surface area contributed by atoms with Gasteiger partial charge in [0, 0.05) is 6.54 Å². The molecule has 3 heteroatoms. The first-order valence-corrected chi connectivity index (χ1v) is 7.26. The van der Waals surface area contributed by atoms with Crippen LogP contribution in [0.2, 0.25) is 0 Å². The predicted octanol–water partition coefficient (Wildman–Crippen LogP) is 2.39. The Morgan fingerprint density at radius 1 is 1.16 bits per heavy atom. The molecule has 0 heterocycles. The molecule has 0 spiro atoms. The number of carbonyl (C=O) groups is 1. The van der Waals surface area contributed by atoms with E-state index in [1.54, 1.807) is 0 Å². The molecular weight excluding hydrogens is 238 g/mol. The lowest BCUT2D eigenvalue weighted by molar-refractivity contribution is -0.120. The average molecular weight is 261 g/mol. The monoisotopic (exact) mass is 261 g/mol. The zero-order chi connectivity index (χ0) is 13.5. The topological polar surface area (TPSA) is 49.3 Å². The van der Waals surface area contributed by atoms with Crippen molar-refractivity contribution in [2.45, 2.75) is 44.4 Å². The van der Waals surface area contributed by atoms with Gasteiger partial charge in [0.1, 0.15) is 0 Å². The van der Waals surface area contributed by atoms with Crippen molar-refractivity contribution in [2.24, 2.45) is 0 Å². The fourth-order valence-corrected chi connectivity index (χ4v) is 2.79. The summed E-state index contributed by atoms with van der Waals surface area (Å²) in [6.45, 7) is 0.325. The largest absolute Gasteiger partial charge is 0.395 e. The van der Waals surface area contributed by atoms with Crippen LogP contribution in [0.4, 0.5) is 0 Å². The van der Waals surface area contributed by atoms with Gasteiger partial charge >= 0.3 is 0 Å². The second-order valence-corrected chi connectivity index (χ2v) is 5.33. The van der Waals surface area contributed by atoms with Gasteiger partial charge in [-0.3, -0.25) is 4.79 Å². The highest BCUT2D eigenvalue weighted by Gasteiger charge is 2.15. The van der Waals surface area contributed by atoms with Gasteiger partial charge in [0.2, 0.25) is 5.91 Å². The summed E-state index contributed by atoms with van der Waals surface area (Å²) in [7, 11) is 0. The molecule has 1 amide bonds. The molecule has 1 fully saturated rings. The van der Waals surface area contributed by atoms with Crippen LogP contribution in [0.15, 0.2) is 24.3 Å². The number of benzene rings is 1.